The molecule has 0 aromatic rings. The number of hydrogen-bond acceptors (Lipinski definition) is 4. The van der Waals surface area contributed by atoms with Crippen LogP contribution in [0.25, 0.3) is 0 Å². The summed E-state index contributed by atoms with van der Waals surface area (Å²) >= 11 is 0. The molecule has 0 bridgehead atoms. The third-order valence-electron chi connectivity index (χ3n) is 2.64. The Labute approximate surface area is 124 Å². The molecule has 2 atom stereocenters. The quantitative estimate of drug-likeness (QED) is 0.268. The lowest BCUT2D eigenvalue weighted by Crippen LogP contribution is -2.22. The van der Waals surface area contributed by atoms with Crippen LogP contribution in [-0.2, 0) is 19.0 Å². The highest BCUT2D eigenvalue weighted by Crippen LogP contribution is 2.08. The molecule has 0 aliphatic carbocycles. The van der Waals surface area contributed by atoms with Crippen molar-refractivity contribution in [2.24, 2.45) is 0 Å². The van der Waals surface area contributed by atoms with E-state index in [1.54, 1.807) is 6.08 Å². The zero-order valence-electron chi connectivity index (χ0n) is 13.8. The minimum Gasteiger partial charge on any atom is -0.463 e. The van der Waals surface area contributed by atoms with Gasteiger partial charge in [-0.25, -0.2) is 4.79 Å². The van der Waals surface area contributed by atoms with Crippen LogP contribution in [-0.4, -0.2) is 39.7 Å². The van der Waals surface area contributed by atoms with Crippen molar-refractivity contribution in [1.82, 2.24) is 0 Å². The van der Waals surface area contributed by atoms with Crippen LogP contribution in [0.1, 0.15) is 27.2 Å². The van der Waals surface area contributed by atoms with E-state index in [9.17, 15) is 4.79 Å². The van der Waals surface area contributed by atoms with Crippen molar-refractivity contribution >= 4 is 14.0 Å². The van der Waals surface area contributed by atoms with Gasteiger partial charge in [0.15, 0.2) is 6.29 Å². The van der Waals surface area contributed by atoms with E-state index >= 15 is 0 Å². The molecule has 0 aliphatic rings. The summed E-state index contributed by atoms with van der Waals surface area (Å²) in [5, 5.41) is 0. The fraction of sp³-hybridized carbons (Fsp3) is 0.800. The molecule has 0 spiro atoms. The molecule has 0 radical (unpaired) electrons. The van der Waals surface area contributed by atoms with Gasteiger partial charge in [-0.3, -0.25) is 0 Å². The first-order chi connectivity index (χ1) is 9.24. The maximum atomic E-state index is 11.5. The number of rotatable bonds is 10. The van der Waals surface area contributed by atoms with Crippen LogP contribution in [0.15, 0.2) is 12.2 Å². The molecule has 20 heavy (non-hydrogen) atoms. The van der Waals surface area contributed by atoms with Crippen LogP contribution in [0, 0.1) is 0 Å². The van der Waals surface area contributed by atoms with E-state index in [0.29, 0.717) is 19.6 Å². The van der Waals surface area contributed by atoms with Crippen molar-refractivity contribution in [3.63, 3.8) is 0 Å². The lowest BCUT2D eigenvalue weighted by atomic mass is 10.2. The van der Waals surface area contributed by atoms with E-state index < -0.39 is 8.07 Å². The van der Waals surface area contributed by atoms with Gasteiger partial charge in [0.2, 0.25) is 0 Å². The summed E-state index contributed by atoms with van der Waals surface area (Å²) < 4.78 is 16.0. The van der Waals surface area contributed by atoms with Gasteiger partial charge in [0.05, 0.1) is 12.7 Å². The molecule has 2 unspecified atom stereocenters. The van der Waals surface area contributed by atoms with E-state index in [2.05, 4.69) is 19.6 Å². The number of ether oxygens (including phenoxy) is 3. The van der Waals surface area contributed by atoms with Crippen LogP contribution in [0.5, 0.6) is 0 Å². The molecular weight excluding hydrogens is 272 g/mol. The fourth-order valence-electron chi connectivity index (χ4n) is 1.52. The highest BCUT2D eigenvalue weighted by Gasteiger charge is 2.13. The van der Waals surface area contributed by atoms with E-state index in [4.69, 9.17) is 14.2 Å². The molecule has 118 valence electrons. The van der Waals surface area contributed by atoms with Gasteiger partial charge in [0.25, 0.3) is 0 Å². The summed E-state index contributed by atoms with van der Waals surface area (Å²) in [5.74, 6) is -0.270. The minimum atomic E-state index is -1.13. The van der Waals surface area contributed by atoms with Crippen LogP contribution in [0.4, 0.5) is 0 Å². The molecule has 4 nitrogen and oxygen atoms in total. The highest BCUT2D eigenvalue weighted by molar-refractivity contribution is 6.76. The number of carbonyl (C=O) groups excluding carboxylic acids is 1. The fourth-order valence-corrected chi connectivity index (χ4v) is 2.23. The van der Waals surface area contributed by atoms with Gasteiger partial charge in [-0.15, -0.1) is 0 Å². The van der Waals surface area contributed by atoms with Gasteiger partial charge in [0.1, 0.15) is 0 Å². The van der Waals surface area contributed by atoms with Gasteiger partial charge in [0, 0.05) is 20.8 Å². The average Bonchev–Trinajstić information content (AvgIpc) is 2.27. The Bertz CT molecular complexity index is 297. The van der Waals surface area contributed by atoms with Gasteiger partial charge >= 0.3 is 5.97 Å². The lowest BCUT2D eigenvalue weighted by molar-refractivity contribution is -0.151. The van der Waals surface area contributed by atoms with Crippen molar-refractivity contribution in [3.8, 4) is 0 Å². The predicted molar refractivity (Wildman–Crippen MR) is 84.5 cm³/mol. The molecular formula is C15H30O4Si. The molecule has 0 saturated carbocycles. The maximum absolute atomic E-state index is 11.5. The minimum absolute atomic E-state index is 0.0163. The van der Waals surface area contributed by atoms with Crippen molar-refractivity contribution in [2.75, 3.05) is 13.2 Å². The Morgan fingerprint density at radius 1 is 1.25 bits per heavy atom. The molecule has 0 N–H and O–H groups in total. The Hall–Kier alpha value is -0.653. The summed E-state index contributed by atoms with van der Waals surface area (Å²) in [4.78, 5) is 11.5. The molecule has 5 heteroatoms. The van der Waals surface area contributed by atoms with E-state index in [1.165, 1.54) is 6.08 Å². The monoisotopic (exact) mass is 302 g/mol. The van der Waals surface area contributed by atoms with E-state index in [1.807, 2.05) is 20.8 Å². The molecule has 0 heterocycles. The normalized spacial score (nSPS) is 15.3. The summed E-state index contributed by atoms with van der Waals surface area (Å²) in [6.45, 7) is 13.7. The largest absolute Gasteiger partial charge is 0.463 e. The van der Waals surface area contributed by atoms with Crippen molar-refractivity contribution < 1.29 is 19.0 Å². The molecule has 0 fully saturated rings. The first-order valence-electron chi connectivity index (χ1n) is 7.35. The molecule has 0 aromatic heterocycles. The van der Waals surface area contributed by atoms with Crippen LogP contribution in [0.2, 0.25) is 25.7 Å². The zero-order chi connectivity index (χ0) is 15.6. The van der Waals surface area contributed by atoms with Gasteiger partial charge in [-0.05, 0) is 33.2 Å². The Morgan fingerprint density at radius 2 is 1.90 bits per heavy atom. The average molecular weight is 302 g/mol. The van der Waals surface area contributed by atoms with Gasteiger partial charge in [-0.1, -0.05) is 25.7 Å². The van der Waals surface area contributed by atoms with E-state index in [0.717, 1.165) is 6.04 Å². The summed E-state index contributed by atoms with van der Waals surface area (Å²) in [6, 6.07) is 0.998. The third-order valence-corrected chi connectivity index (χ3v) is 4.35. The second kappa shape index (κ2) is 10.1. The second-order valence-electron chi connectivity index (χ2n) is 6.09. The van der Waals surface area contributed by atoms with Crippen LogP contribution >= 0.6 is 0 Å². The highest BCUT2D eigenvalue weighted by atomic mass is 28.3. The van der Waals surface area contributed by atoms with Crippen molar-refractivity contribution in [1.29, 1.82) is 0 Å². The SMILES string of the molecule is CCOC(C)OC(C)C/C=C/C(=O)OCC[Si](C)(C)C. The van der Waals surface area contributed by atoms with Crippen molar-refractivity contribution in [2.45, 2.75) is 65.3 Å². The molecule has 0 aliphatic heterocycles. The Kier molecular flexibility index (Phi) is 9.80. The number of carbonyl (C=O) groups is 1. The van der Waals surface area contributed by atoms with Gasteiger partial charge < -0.3 is 14.2 Å². The Balaban J connectivity index is 3.80. The molecule has 0 rings (SSSR count). The third kappa shape index (κ3) is 12.4. The maximum Gasteiger partial charge on any atom is 0.330 e. The molecule has 0 aromatic carbocycles. The zero-order valence-corrected chi connectivity index (χ0v) is 14.8. The van der Waals surface area contributed by atoms with Crippen molar-refractivity contribution in [3.05, 3.63) is 12.2 Å². The van der Waals surface area contributed by atoms with Crippen LogP contribution in [0.3, 0.4) is 0 Å². The van der Waals surface area contributed by atoms with E-state index in [-0.39, 0.29) is 18.4 Å². The smallest absolute Gasteiger partial charge is 0.330 e. The van der Waals surface area contributed by atoms with Crippen LogP contribution < -0.4 is 0 Å². The Morgan fingerprint density at radius 3 is 2.45 bits per heavy atom. The van der Waals surface area contributed by atoms with Gasteiger partial charge in [-0.2, -0.15) is 0 Å². The molecule has 0 saturated heterocycles. The topological polar surface area (TPSA) is 44.8 Å². The first kappa shape index (κ1) is 19.3. The standard InChI is InChI=1S/C15H30O4Si/c1-7-17-14(3)19-13(2)9-8-10-15(16)18-11-12-20(4,5)6/h8,10,13-14H,7,9,11-12H2,1-6H3/b10-8+. The first-order valence-corrected chi connectivity index (χ1v) is 11.1. The number of hydrogen-bond donors (Lipinski definition) is 0. The molecule has 0 amide bonds. The summed E-state index contributed by atoms with van der Waals surface area (Å²) in [5.41, 5.74) is 0. The predicted octanol–water partition coefficient (Wildman–Crippen LogP) is 3.60. The summed E-state index contributed by atoms with van der Waals surface area (Å²) in [6.07, 6.45) is 3.74. The summed E-state index contributed by atoms with van der Waals surface area (Å²) in [7, 11) is -1.13. The lowest BCUT2D eigenvalue weighted by Gasteiger charge is -2.17. The second-order valence-corrected chi connectivity index (χ2v) is 11.7. The number of esters is 1.